The first kappa shape index (κ1) is 16.2. The van der Waals surface area contributed by atoms with Crippen LogP contribution in [-0.4, -0.2) is 41.5 Å². The molecule has 3 fully saturated rings. The molecule has 7 heteroatoms. The van der Waals surface area contributed by atoms with Gasteiger partial charge in [-0.15, -0.1) is 0 Å². The number of aromatic nitrogens is 1. The van der Waals surface area contributed by atoms with Crippen molar-refractivity contribution in [1.82, 2.24) is 15.2 Å². The molecule has 0 aliphatic carbocycles. The van der Waals surface area contributed by atoms with Gasteiger partial charge >= 0.3 is 5.89 Å². The summed E-state index contributed by atoms with van der Waals surface area (Å²) in [5.41, 5.74) is 0.663. The van der Waals surface area contributed by atoms with Crippen LogP contribution in [0, 0.1) is 17.2 Å². The summed E-state index contributed by atoms with van der Waals surface area (Å²) >= 11 is 1.37. The molecule has 1 atom stereocenters. The van der Waals surface area contributed by atoms with Crippen molar-refractivity contribution in [3.05, 3.63) is 41.9 Å². The molecular weight excluding hydrogens is 336 g/mol. The third-order valence-electron chi connectivity index (χ3n) is 4.89. The average Bonchev–Trinajstić information content (AvgIpc) is 3.11. The van der Waals surface area contributed by atoms with E-state index in [0.717, 1.165) is 24.5 Å². The number of fused-ring (bicyclic) bond motifs is 3. The van der Waals surface area contributed by atoms with E-state index in [0.29, 0.717) is 16.6 Å². The first-order chi connectivity index (χ1) is 12.2. The van der Waals surface area contributed by atoms with E-state index in [2.05, 4.69) is 15.2 Å². The van der Waals surface area contributed by atoms with E-state index in [9.17, 15) is 4.79 Å². The topological polar surface area (TPSA) is 82.2 Å². The van der Waals surface area contributed by atoms with Gasteiger partial charge in [0.15, 0.2) is 11.2 Å². The number of rotatable bonds is 4. The molecule has 3 saturated heterocycles. The maximum atomic E-state index is 12.5. The van der Waals surface area contributed by atoms with E-state index < -0.39 is 0 Å². The first-order valence-corrected chi connectivity index (χ1v) is 9.20. The minimum atomic E-state index is -0.0123. The number of amides is 1. The van der Waals surface area contributed by atoms with Crippen LogP contribution in [0.2, 0.25) is 0 Å². The summed E-state index contributed by atoms with van der Waals surface area (Å²) < 4.78 is 5.25. The molecule has 25 heavy (non-hydrogen) atoms. The van der Waals surface area contributed by atoms with Gasteiger partial charge in [0.2, 0.25) is 0 Å². The lowest BCUT2D eigenvalue weighted by Crippen LogP contribution is -2.57. The highest BCUT2D eigenvalue weighted by molar-refractivity contribution is 7.99. The quantitative estimate of drug-likeness (QED) is 0.908. The lowest BCUT2D eigenvalue weighted by atomic mass is 9.84. The maximum Gasteiger partial charge on any atom is 0.301 e. The summed E-state index contributed by atoms with van der Waals surface area (Å²) in [5.74, 6) is 0.655. The average molecular weight is 354 g/mol. The fourth-order valence-corrected chi connectivity index (χ4v) is 4.26. The number of hydrogen-bond donors (Lipinski definition) is 1. The van der Waals surface area contributed by atoms with Crippen LogP contribution in [0.15, 0.2) is 44.9 Å². The Kier molecular flexibility index (Phi) is 4.47. The lowest BCUT2D eigenvalue weighted by molar-refractivity contribution is 0.0620. The van der Waals surface area contributed by atoms with Crippen molar-refractivity contribution in [3.8, 4) is 6.07 Å². The number of hydrogen-bond acceptors (Lipinski definition) is 6. The fourth-order valence-electron chi connectivity index (χ4n) is 3.53. The molecular formula is C18H18N4O2S. The molecule has 0 saturated carbocycles. The second-order valence-electron chi connectivity index (χ2n) is 6.44. The van der Waals surface area contributed by atoms with E-state index >= 15 is 0 Å². The SMILES string of the molecule is N#Cc1ncc(Sc2ccc(C(=O)N[C@H]3CN4CCC3CC4)cc2)o1. The van der Waals surface area contributed by atoms with Gasteiger partial charge in [0.1, 0.15) is 0 Å². The van der Waals surface area contributed by atoms with Gasteiger partial charge in [-0.2, -0.15) is 5.26 Å². The standard InChI is InChI=1S/C18H18N4O2S/c19-9-16-20-10-17(24-16)25-14-3-1-13(2-4-14)18(23)21-15-11-22-7-5-12(15)6-8-22/h1-4,10,12,15H,5-8,11H2,(H,21,23)/t15-/m0/s1. The molecule has 0 unspecified atom stereocenters. The molecule has 1 aromatic heterocycles. The highest BCUT2D eigenvalue weighted by atomic mass is 32.2. The molecule has 0 spiro atoms. The summed E-state index contributed by atoms with van der Waals surface area (Å²) in [6.07, 6.45) is 3.89. The van der Waals surface area contributed by atoms with Crippen LogP contribution in [0.25, 0.3) is 0 Å². The minimum absolute atomic E-state index is 0.0123. The van der Waals surface area contributed by atoms with Gasteiger partial charge in [-0.25, -0.2) is 4.98 Å². The van der Waals surface area contributed by atoms with Gasteiger partial charge in [0.25, 0.3) is 5.91 Å². The van der Waals surface area contributed by atoms with Gasteiger partial charge < -0.3 is 14.6 Å². The predicted octanol–water partition coefficient (Wildman–Crippen LogP) is 2.52. The predicted molar refractivity (Wildman–Crippen MR) is 92.2 cm³/mol. The van der Waals surface area contributed by atoms with E-state index in [1.807, 2.05) is 30.3 Å². The van der Waals surface area contributed by atoms with Gasteiger partial charge in [0.05, 0.1) is 6.20 Å². The van der Waals surface area contributed by atoms with Crippen LogP contribution in [0.1, 0.15) is 29.1 Å². The Morgan fingerprint density at radius 3 is 2.68 bits per heavy atom. The van der Waals surface area contributed by atoms with Gasteiger partial charge in [0, 0.05) is 23.0 Å². The minimum Gasteiger partial charge on any atom is -0.422 e. The molecule has 0 radical (unpaired) electrons. The summed E-state index contributed by atoms with van der Waals surface area (Å²) in [7, 11) is 0. The summed E-state index contributed by atoms with van der Waals surface area (Å²) in [5, 5.41) is 12.5. The first-order valence-electron chi connectivity index (χ1n) is 8.38. The molecule has 3 aliphatic rings. The molecule has 1 amide bonds. The smallest absolute Gasteiger partial charge is 0.301 e. The summed E-state index contributed by atoms with van der Waals surface area (Å²) in [6, 6.07) is 9.53. The zero-order valence-corrected chi connectivity index (χ0v) is 14.5. The van der Waals surface area contributed by atoms with Crippen LogP contribution in [0.5, 0.6) is 0 Å². The number of nitrogens with zero attached hydrogens (tertiary/aromatic N) is 3. The van der Waals surface area contributed by atoms with Crippen molar-refractivity contribution >= 4 is 17.7 Å². The molecule has 128 valence electrons. The fraction of sp³-hybridized carbons (Fsp3) is 0.389. The van der Waals surface area contributed by atoms with Gasteiger partial charge in [-0.05, 0) is 56.1 Å². The monoisotopic (exact) mass is 354 g/mol. The molecule has 2 aromatic rings. The van der Waals surface area contributed by atoms with Crippen LogP contribution >= 0.6 is 11.8 Å². The number of nitrogens with one attached hydrogen (secondary N) is 1. The molecule has 6 nitrogen and oxygen atoms in total. The second kappa shape index (κ2) is 6.90. The summed E-state index contributed by atoms with van der Waals surface area (Å²) in [6.45, 7) is 3.30. The summed E-state index contributed by atoms with van der Waals surface area (Å²) in [4.78, 5) is 19.7. The Bertz CT molecular complexity index is 803. The molecule has 1 N–H and O–H groups in total. The van der Waals surface area contributed by atoms with Crippen molar-refractivity contribution in [2.24, 2.45) is 5.92 Å². The number of carbonyl (C=O) groups is 1. The highest BCUT2D eigenvalue weighted by Gasteiger charge is 2.34. The third-order valence-corrected chi connectivity index (χ3v) is 5.79. The van der Waals surface area contributed by atoms with Crippen molar-refractivity contribution in [3.63, 3.8) is 0 Å². The molecule has 2 bridgehead atoms. The van der Waals surface area contributed by atoms with Gasteiger partial charge in [-0.1, -0.05) is 11.8 Å². The Labute approximate surface area is 150 Å². The molecule has 5 rings (SSSR count). The van der Waals surface area contributed by atoms with Crippen molar-refractivity contribution in [2.75, 3.05) is 19.6 Å². The normalized spacial score (nSPS) is 24.7. The van der Waals surface area contributed by atoms with Crippen molar-refractivity contribution < 1.29 is 9.21 Å². The van der Waals surface area contributed by atoms with E-state index in [-0.39, 0.29) is 17.8 Å². The van der Waals surface area contributed by atoms with Crippen molar-refractivity contribution in [2.45, 2.75) is 28.9 Å². The highest BCUT2D eigenvalue weighted by Crippen LogP contribution is 2.29. The maximum absolute atomic E-state index is 12.5. The van der Waals surface area contributed by atoms with Crippen LogP contribution in [-0.2, 0) is 0 Å². The van der Waals surface area contributed by atoms with Gasteiger partial charge in [-0.3, -0.25) is 4.79 Å². The Hall–Kier alpha value is -2.30. The Morgan fingerprint density at radius 2 is 2.08 bits per heavy atom. The number of carbonyl (C=O) groups excluding carboxylic acids is 1. The number of oxazole rings is 1. The van der Waals surface area contributed by atoms with Crippen LogP contribution in [0.3, 0.4) is 0 Å². The number of piperidine rings is 3. The van der Waals surface area contributed by atoms with E-state index in [1.165, 1.54) is 30.8 Å². The van der Waals surface area contributed by atoms with Crippen molar-refractivity contribution in [1.29, 1.82) is 5.26 Å². The molecule has 3 aliphatic heterocycles. The largest absolute Gasteiger partial charge is 0.422 e. The second-order valence-corrected chi connectivity index (χ2v) is 7.52. The zero-order valence-electron chi connectivity index (χ0n) is 13.6. The van der Waals surface area contributed by atoms with Crippen LogP contribution < -0.4 is 5.32 Å². The Morgan fingerprint density at radius 1 is 1.32 bits per heavy atom. The third kappa shape index (κ3) is 3.55. The van der Waals surface area contributed by atoms with E-state index in [1.54, 1.807) is 0 Å². The number of nitriles is 1. The Balaban J connectivity index is 1.38. The lowest BCUT2D eigenvalue weighted by Gasteiger charge is -2.44. The van der Waals surface area contributed by atoms with Crippen LogP contribution in [0.4, 0.5) is 0 Å². The zero-order chi connectivity index (χ0) is 17.2. The molecule has 1 aromatic carbocycles. The number of benzene rings is 1. The van der Waals surface area contributed by atoms with E-state index in [4.69, 9.17) is 9.68 Å². The molecule has 4 heterocycles.